The average molecular weight is 258 g/mol. The first kappa shape index (κ1) is 8.90. The van der Waals surface area contributed by atoms with E-state index in [1.165, 1.54) is 0 Å². The van der Waals surface area contributed by atoms with Crippen LogP contribution in [0.2, 0.25) is 0 Å². The number of halogens is 1. The van der Waals surface area contributed by atoms with Crippen molar-refractivity contribution in [1.82, 2.24) is 14.8 Å². The molecule has 0 aromatic carbocycles. The number of hydrogen-bond donors (Lipinski definition) is 0. The van der Waals surface area contributed by atoms with Crippen molar-refractivity contribution >= 4 is 27.3 Å². The largest absolute Gasteiger partial charge is 0.274 e. The SMILES string of the molecule is Cc1ncc(-c2nn(C)cc2Br)s1. The lowest BCUT2D eigenvalue weighted by molar-refractivity contribution is 0.771. The molecule has 2 heterocycles. The molecular weight excluding hydrogens is 250 g/mol. The zero-order valence-corrected chi connectivity index (χ0v) is 9.69. The normalized spacial score (nSPS) is 10.7. The van der Waals surface area contributed by atoms with Crippen LogP contribution >= 0.6 is 27.3 Å². The first-order chi connectivity index (χ1) is 6.16. The van der Waals surface area contributed by atoms with Crippen LogP contribution < -0.4 is 0 Å². The van der Waals surface area contributed by atoms with E-state index in [1.54, 1.807) is 16.0 Å². The van der Waals surface area contributed by atoms with E-state index in [1.807, 2.05) is 26.4 Å². The molecule has 0 aliphatic carbocycles. The first-order valence-corrected chi connectivity index (χ1v) is 5.39. The summed E-state index contributed by atoms with van der Waals surface area (Å²) in [5, 5.41) is 5.40. The maximum Gasteiger partial charge on any atom is 0.118 e. The van der Waals surface area contributed by atoms with Crippen molar-refractivity contribution in [2.75, 3.05) is 0 Å². The van der Waals surface area contributed by atoms with E-state index < -0.39 is 0 Å². The second-order valence-electron chi connectivity index (χ2n) is 2.74. The first-order valence-electron chi connectivity index (χ1n) is 3.79. The monoisotopic (exact) mass is 257 g/mol. The zero-order valence-electron chi connectivity index (χ0n) is 7.28. The Morgan fingerprint density at radius 3 is 2.77 bits per heavy atom. The topological polar surface area (TPSA) is 30.7 Å². The van der Waals surface area contributed by atoms with E-state index in [-0.39, 0.29) is 0 Å². The number of aromatic nitrogens is 3. The highest BCUT2D eigenvalue weighted by Gasteiger charge is 2.09. The van der Waals surface area contributed by atoms with Gasteiger partial charge < -0.3 is 0 Å². The molecule has 0 spiro atoms. The van der Waals surface area contributed by atoms with E-state index in [0.29, 0.717) is 0 Å². The summed E-state index contributed by atoms with van der Waals surface area (Å²) in [6.45, 7) is 1.99. The molecule has 0 amide bonds. The van der Waals surface area contributed by atoms with Crippen molar-refractivity contribution in [2.24, 2.45) is 7.05 Å². The maximum absolute atomic E-state index is 4.33. The van der Waals surface area contributed by atoms with Gasteiger partial charge >= 0.3 is 0 Å². The summed E-state index contributed by atoms with van der Waals surface area (Å²) in [5.74, 6) is 0. The smallest absolute Gasteiger partial charge is 0.118 e. The van der Waals surface area contributed by atoms with Gasteiger partial charge in [-0.05, 0) is 22.9 Å². The lowest BCUT2D eigenvalue weighted by Gasteiger charge is -1.88. The molecule has 68 valence electrons. The minimum atomic E-state index is 0.966. The molecule has 13 heavy (non-hydrogen) atoms. The van der Waals surface area contributed by atoms with Crippen LogP contribution in [0.1, 0.15) is 5.01 Å². The minimum absolute atomic E-state index is 0.966. The number of aryl methyl sites for hydroxylation is 2. The molecule has 0 saturated heterocycles. The van der Waals surface area contributed by atoms with Crippen LogP contribution in [0.25, 0.3) is 10.6 Å². The van der Waals surface area contributed by atoms with Gasteiger partial charge in [0.25, 0.3) is 0 Å². The molecule has 0 bridgehead atoms. The molecule has 2 aromatic heterocycles. The second kappa shape index (κ2) is 3.23. The van der Waals surface area contributed by atoms with Gasteiger partial charge in [0.1, 0.15) is 5.69 Å². The summed E-state index contributed by atoms with van der Waals surface area (Å²) >= 11 is 5.11. The molecule has 0 saturated carbocycles. The number of thiazole rings is 1. The Labute approximate surface area is 88.6 Å². The Hall–Kier alpha value is -0.680. The molecule has 0 aliphatic heterocycles. The van der Waals surface area contributed by atoms with Crippen LogP contribution in [0.3, 0.4) is 0 Å². The molecule has 2 aromatic rings. The maximum atomic E-state index is 4.33. The number of nitrogens with zero attached hydrogens (tertiary/aromatic N) is 3. The molecular formula is C8H8BrN3S. The van der Waals surface area contributed by atoms with Crippen LogP contribution in [0.5, 0.6) is 0 Å². The van der Waals surface area contributed by atoms with E-state index in [0.717, 1.165) is 20.1 Å². The minimum Gasteiger partial charge on any atom is -0.274 e. The van der Waals surface area contributed by atoms with Gasteiger partial charge in [0.15, 0.2) is 0 Å². The summed E-state index contributed by atoms with van der Waals surface area (Å²) < 4.78 is 2.80. The van der Waals surface area contributed by atoms with Crippen molar-refractivity contribution in [3.05, 3.63) is 21.9 Å². The lowest BCUT2D eigenvalue weighted by atomic mass is 10.4. The molecule has 0 aliphatic rings. The Kier molecular flexibility index (Phi) is 2.21. The van der Waals surface area contributed by atoms with Crippen molar-refractivity contribution < 1.29 is 0 Å². The quantitative estimate of drug-likeness (QED) is 0.787. The molecule has 3 nitrogen and oxygen atoms in total. The van der Waals surface area contributed by atoms with Gasteiger partial charge in [0, 0.05) is 19.4 Å². The Balaban J connectivity index is 2.51. The van der Waals surface area contributed by atoms with Gasteiger partial charge in [0.05, 0.1) is 14.4 Å². The summed E-state index contributed by atoms with van der Waals surface area (Å²) in [6, 6.07) is 0. The fourth-order valence-electron chi connectivity index (χ4n) is 1.10. The fourth-order valence-corrected chi connectivity index (χ4v) is 2.59. The predicted molar refractivity (Wildman–Crippen MR) is 56.8 cm³/mol. The third-order valence-corrected chi connectivity index (χ3v) is 3.14. The molecule has 0 N–H and O–H groups in total. The van der Waals surface area contributed by atoms with Gasteiger partial charge in [-0.25, -0.2) is 4.98 Å². The van der Waals surface area contributed by atoms with Gasteiger partial charge in [0.2, 0.25) is 0 Å². The second-order valence-corrected chi connectivity index (χ2v) is 4.83. The Morgan fingerprint density at radius 2 is 2.31 bits per heavy atom. The van der Waals surface area contributed by atoms with E-state index in [4.69, 9.17) is 0 Å². The summed E-state index contributed by atoms with van der Waals surface area (Å²) in [7, 11) is 1.90. The number of rotatable bonds is 1. The van der Waals surface area contributed by atoms with Crippen LogP contribution in [0.4, 0.5) is 0 Å². The summed E-state index contributed by atoms with van der Waals surface area (Å²) in [5.41, 5.74) is 0.966. The molecule has 0 unspecified atom stereocenters. The third-order valence-electron chi connectivity index (χ3n) is 1.64. The highest BCUT2D eigenvalue weighted by molar-refractivity contribution is 9.10. The van der Waals surface area contributed by atoms with Crippen molar-refractivity contribution in [3.63, 3.8) is 0 Å². The highest BCUT2D eigenvalue weighted by Crippen LogP contribution is 2.30. The summed E-state index contributed by atoms with van der Waals surface area (Å²) in [6.07, 6.45) is 3.79. The Morgan fingerprint density at radius 1 is 1.54 bits per heavy atom. The fraction of sp³-hybridized carbons (Fsp3) is 0.250. The van der Waals surface area contributed by atoms with Gasteiger partial charge in [-0.1, -0.05) is 0 Å². The molecule has 0 fully saturated rings. The predicted octanol–water partition coefficient (Wildman–Crippen LogP) is 2.61. The summed E-state index contributed by atoms with van der Waals surface area (Å²) in [4.78, 5) is 5.29. The highest BCUT2D eigenvalue weighted by atomic mass is 79.9. The van der Waals surface area contributed by atoms with Crippen LogP contribution in [-0.2, 0) is 7.05 Å². The van der Waals surface area contributed by atoms with Gasteiger partial charge in [-0.3, -0.25) is 4.68 Å². The van der Waals surface area contributed by atoms with E-state index >= 15 is 0 Å². The van der Waals surface area contributed by atoms with Crippen LogP contribution in [0.15, 0.2) is 16.9 Å². The lowest BCUT2D eigenvalue weighted by Crippen LogP contribution is -1.86. The van der Waals surface area contributed by atoms with E-state index in [2.05, 4.69) is 26.0 Å². The van der Waals surface area contributed by atoms with E-state index in [9.17, 15) is 0 Å². The Bertz CT molecular complexity index is 432. The van der Waals surface area contributed by atoms with Crippen molar-refractivity contribution in [1.29, 1.82) is 0 Å². The van der Waals surface area contributed by atoms with Crippen molar-refractivity contribution in [2.45, 2.75) is 6.92 Å². The molecule has 2 rings (SSSR count). The van der Waals surface area contributed by atoms with Crippen LogP contribution in [0, 0.1) is 6.92 Å². The average Bonchev–Trinajstić information content (AvgIpc) is 2.58. The molecule has 0 atom stereocenters. The third kappa shape index (κ3) is 1.66. The molecule has 5 heteroatoms. The molecule has 0 radical (unpaired) electrons. The number of hydrogen-bond acceptors (Lipinski definition) is 3. The van der Waals surface area contributed by atoms with Gasteiger partial charge in [-0.2, -0.15) is 5.10 Å². The van der Waals surface area contributed by atoms with Crippen LogP contribution in [-0.4, -0.2) is 14.8 Å². The standard InChI is InChI=1S/C8H8BrN3S/c1-5-10-3-7(13-5)8-6(9)4-12(2)11-8/h3-4H,1-2H3. The van der Waals surface area contributed by atoms with Gasteiger partial charge in [-0.15, -0.1) is 11.3 Å². The van der Waals surface area contributed by atoms with Crippen molar-refractivity contribution in [3.8, 4) is 10.6 Å². The zero-order chi connectivity index (χ0) is 9.42.